The van der Waals surface area contributed by atoms with Crippen molar-refractivity contribution in [1.29, 1.82) is 0 Å². The molecule has 2 aromatic rings. The number of rotatable bonds is 7. The number of carbonyl (C=O) groups excluding carboxylic acids is 3. The molecule has 0 spiro atoms. The molecule has 0 saturated carbocycles. The van der Waals surface area contributed by atoms with Crippen LogP contribution in [0, 0.1) is 6.92 Å². The predicted molar refractivity (Wildman–Crippen MR) is 107 cm³/mol. The summed E-state index contributed by atoms with van der Waals surface area (Å²) in [7, 11) is 0. The maximum Gasteiger partial charge on any atom is 0.344 e. The molecule has 0 aliphatic heterocycles. The van der Waals surface area contributed by atoms with E-state index < -0.39 is 18.0 Å². The molecule has 8 heteroatoms. The topological polar surface area (TPSA) is 93.7 Å². The molecule has 28 heavy (non-hydrogen) atoms. The Labute approximate surface area is 168 Å². The van der Waals surface area contributed by atoms with Gasteiger partial charge < -0.3 is 20.1 Å². The number of amides is 2. The SMILES string of the molecule is CC(=O)Nc1ccc(NC(=O)C(C)OC(=O)COc2ccc(Cl)c(C)c2)cc1. The van der Waals surface area contributed by atoms with Crippen molar-refractivity contribution in [1.82, 2.24) is 0 Å². The van der Waals surface area contributed by atoms with Crippen LogP contribution in [0.1, 0.15) is 19.4 Å². The molecule has 0 aliphatic carbocycles. The van der Waals surface area contributed by atoms with Crippen molar-refractivity contribution in [3.8, 4) is 5.75 Å². The number of hydrogen-bond acceptors (Lipinski definition) is 5. The molecule has 0 heterocycles. The number of aryl methyl sites for hydroxylation is 1. The van der Waals surface area contributed by atoms with Crippen molar-refractivity contribution in [2.75, 3.05) is 17.2 Å². The lowest BCUT2D eigenvalue weighted by molar-refractivity contribution is -0.155. The molecule has 0 saturated heterocycles. The number of nitrogens with one attached hydrogen (secondary N) is 2. The van der Waals surface area contributed by atoms with Crippen LogP contribution in [0.25, 0.3) is 0 Å². The van der Waals surface area contributed by atoms with E-state index in [9.17, 15) is 14.4 Å². The Kier molecular flexibility index (Phi) is 7.40. The van der Waals surface area contributed by atoms with Crippen LogP contribution in [0.4, 0.5) is 11.4 Å². The maximum atomic E-state index is 12.2. The number of halogens is 1. The fourth-order valence-electron chi connectivity index (χ4n) is 2.22. The third-order valence-electron chi connectivity index (χ3n) is 3.64. The van der Waals surface area contributed by atoms with E-state index in [1.807, 2.05) is 6.92 Å². The Bertz CT molecular complexity index is 867. The van der Waals surface area contributed by atoms with Crippen molar-refractivity contribution in [3.63, 3.8) is 0 Å². The van der Waals surface area contributed by atoms with E-state index in [1.54, 1.807) is 42.5 Å². The van der Waals surface area contributed by atoms with Crippen LogP contribution in [-0.4, -0.2) is 30.5 Å². The normalized spacial score (nSPS) is 11.3. The smallest absolute Gasteiger partial charge is 0.344 e. The summed E-state index contributed by atoms with van der Waals surface area (Å²) in [6, 6.07) is 11.6. The molecular formula is C20H21ClN2O5. The van der Waals surface area contributed by atoms with E-state index in [2.05, 4.69) is 10.6 Å². The lowest BCUT2D eigenvalue weighted by Gasteiger charge is -2.14. The Morgan fingerprint density at radius 2 is 1.64 bits per heavy atom. The van der Waals surface area contributed by atoms with Gasteiger partial charge in [-0.2, -0.15) is 0 Å². The van der Waals surface area contributed by atoms with Gasteiger partial charge in [-0.15, -0.1) is 0 Å². The highest BCUT2D eigenvalue weighted by Gasteiger charge is 2.18. The van der Waals surface area contributed by atoms with Gasteiger partial charge in [0.2, 0.25) is 5.91 Å². The van der Waals surface area contributed by atoms with Gasteiger partial charge in [-0.1, -0.05) is 11.6 Å². The van der Waals surface area contributed by atoms with Crippen molar-refractivity contribution >= 4 is 40.8 Å². The molecular weight excluding hydrogens is 384 g/mol. The van der Waals surface area contributed by atoms with Gasteiger partial charge in [0.15, 0.2) is 12.7 Å². The fourth-order valence-corrected chi connectivity index (χ4v) is 2.34. The minimum absolute atomic E-state index is 0.187. The molecule has 7 nitrogen and oxygen atoms in total. The first-order valence-electron chi connectivity index (χ1n) is 8.51. The zero-order valence-electron chi connectivity index (χ0n) is 15.7. The minimum Gasteiger partial charge on any atom is -0.482 e. The molecule has 0 bridgehead atoms. The highest BCUT2D eigenvalue weighted by molar-refractivity contribution is 6.31. The largest absolute Gasteiger partial charge is 0.482 e. The minimum atomic E-state index is -1.00. The first-order valence-corrected chi connectivity index (χ1v) is 8.89. The zero-order chi connectivity index (χ0) is 20.7. The van der Waals surface area contributed by atoms with E-state index in [0.717, 1.165) is 5.56 Å². The summed E-state index contributed by atoms with van der Waals surface area (Å²) in [5, 5.41) is 5.86. The van der Waals surface area contributed by atoms with Gasteiger partial charge in [0, 0.05) is 23.3 Å². The lowest BCUT2D eigenvalue weighted by Crippen LogP contribution is -2.31. The summed E-state index contributed by atoms with van der Waals surface area (Å²) >= 11 is 5.93. The summed E-state index contributed by atoms with van der Waals surface area (Å²) in [6.07, 6.45) is -1.00. The second kappa shape index (κ2) is 9.75. The molecule has 0 aliphatic rings. The highest BCUT2D eigenvalue weighted by Crippen LogP contribution is 2.21. The van der Waals surface area contributed by atoms with Crippen molar-refractivity contribution < 1.29 is 23.9 Å². The van der Waals surface area contributed by atoms with E-state index in [1.165, 1.54) is 13.8 Å². The van der Waals surface area contributed by atoms with Gasteiger partial charge in [-0.25, -0.2) is 4.79 Å². The van der Waals surface area contributed by atoms with Crippen LogP contribution in [-0.2, 0) is 19.1 Å². The number of benzene rings is 2. The van der Waals surface area contributed by atoms with E-state index in [-0.39, 0.29) is 12.5 Å². The second-order valence-electron chi connectivity index (χ2n) is 6.08. The summed E-state index contributed by atoms with van der Waals surface area (Å²) in [5.74, 6) is -0.859. The number of carbonyl (C=O) groups is 3. The summed E-state index contributed by atoms with van der Waals surface area (Å²) in [5.41, 5.74) is 1.94. The van der Waals surface area contributed by atoms with Crippen molar-refractivity contribution in [3.05, 3.63) is 53.1 Å². The number of anilines is 2. The first-order chi connectivity index (χ1) is 13.2. The maximum absolute atomic E-state index is 12.2. The monoisotopic (exact) mass is 404 g/mol. The molecule has 1 unspecified atom stereocenters. The molecule has 0 radical (unpaired) electrons. The van der Waals surface area contributed by atoms with E-state index in [0.29, 0.717) is 22.1 Å². The standard InChI is InChI=1S/C20H21ClN2O5/c1-12-10-17(8-9-18(12)21)27-11-19(25)28-13(2)20(26)23-16-6-4-15(5-7-16)22-14(3)24/h4-10,13H,11H2,1-3H3,(H,22,24)(H,23,26). The Morgan fingerprint density at radius 1 is 1.04 bits per heavy atom. The van der Waals surface area contributed by atoms with Crippen molar-refractivity contribution in [2.24, 2.45) is 0 Å². The van der Waals surface area contributed by atoms with Crippen LogP contribution >= 0.6 is 11.6 Å². The molecule has 2 aromatic carbocycles. The van der Waals surface area contributed by atoms with Gasteiger partial charge in [0.25, 0.3) is 5.91 Å². The van der Waals surface area contributed by atoms with E-state index in [4.69, 9.17) is 21.1 Å². The van der Waals surface area contributed by atoms with Gasteiger partial charge in [0.05, 0.1) is 0 Å². The molecule has 148 valence electrons. The molecule has 2 rings (SSSR count). The highest BCUT2D eigenvalue weighted by atomic mass is 35.5. The van der Waals surface area contributed by atoms with Gasteiger partial charge in [0.1, 0.15) is 5.75 Å². The Balaban J connectivity index is 1.81. The molecule has 0 aromatic heterocycles. The molecule has 2 N–H and O–H groups in total. The van der Waals surface area contributed by atoms with Gasteiger partial charge >= 0.3 is 5.97 Å². The van der Waals surface area contributed by atoms with E-state index >= 15 is 0 Å². The Hall–Kier alpha value is -3.06. The first kappa shape index (κ1) is 21.2. The van der Waals surface area contributed by atoms with Crippen LogP contribution in [0.3, 0.4) is 0 Å². The number of hydrogen-bond donors (Lipinski definition) is 2. The zero-order valence-corrected chi connectivity index (χ0v) is 16.5. The number of ether oxygens (including phenoxy) is 2. The van der Waals surface area contributed by atoms with Crippen LogP contribution < -0.4 is 15.4 Å². The average molecular weight is 405 g/mol. The quantitative estimate of drug-likeness (QED) is 0.688. The second-order valence-corrected chi connectivity index (χ2v) is 6.49. The summed E-state index contributed by atoms with van der Waals surface area (Å²) in [4.78, 5) is 35.0. The summed E-state index contributed by atoms with van der Waals surface area (Å²) in [6.45, 7) is 4.36. The number of esters is 1. The average Bonchev–Trinajstić information content (AvgIpc) is 2.63. The fraction of sp³-hybridized carbons (Fsp3) is 0.250. The third kappa shape index (κ3) is 6.59. The Morgan fingerprint density at radius 3 is 2.21 bits per heavy atom. The van der Waals surface area contributed by atoms with Crippen LogP contribution in [0.15, 0.2) is 42.5 Å². The molecule has 1 atom stereocenters. The van der Waals surface area contributed by atoms with Crippen LogP contribution in [0.5, 0.6) is 5.75 Å². The van der Waals surface area contributed by atoms with Crippen LogP contribution in [0.2, 0.25) is 5.02 Å². The van der Waals surface area contributed by atoms with Crippen molar-refractivity contribution in [2.45, 2.75) is 26.9 Å². The van der Waals surface area contributed by atoms with Gasteiger partial charge in [-0.3, -0.25) is 9.59 Å². The molecule has 0 fully saturated rings. The molecule has 2 amide bonds. The lowest BCUT2D eigenvalue weighted by atomic mass is 10.2. The third-order valence-corrected chi connectivity index (χ3v) is 4.06. The van der Waals surface area contributed by atoms with Gasteiger partial charge in [-0.05, 0) is 61.9 Å². The summed E-state index contributed by atoms with van der Waals surface area (Å²) < 4.78 is 10.4. The predicted octanol–water partition coefficient (Wildman–Crippen LogP) is 3.56.